The lowest BCUT2D eigenvalue weighted by Gasteiger charge is -2.37. The molecule has 2 aliphatic rings. The van der Waals surface area contributed by atoms with Gasteiger partial charge < -0.3 is 20.1 Å². The van der Waals surface area contributed by atoms with E-state index in [1.165, 1.54) is 5.56 Å². The summed E-state index contributed by atoms with van der Waals surface area (Å²) >= 11 is 0. The molecule has 5 heteroatoms. The fourth-order valence-electron chi connectivity index (χ4n) is 4.33. The number of carbonyl (C=O) groups excluding carboxylic acids is 1. The van der Waals surface area contributed by atoms with Crippen molar-refractivity contribution in [2.24, 2.45) is 11.8 Å². The molecule has 2 atom stereocenters. The van der Waals surface area contributed by atoms with Gasteiger partial charge in [-0.25, -0.2) is 0 Å². The van der Waals surface area contributed by atoms with Crippen molar-refractivity contribution in [3.05, 3.63) is 35.9 Å². The van der Waals surface area contributed by atoms with Gasteiger partial charge in [-0.15, -0.1) is 0 Å². The number of rotatable bonds is 9. The number of amides is 1. The van der Waals surface area contributed by atoms with Crippen LogP contribution in [0.3, 0.4) is 0 Å². The molecule has 2 fully saturated rings. The van der Waals surface area contributed by atoms with Crippen molar-refractivity contribution in [3.8, 4) is 0 Å². The van der Waals surface area contributed by atoms with Crippen LogP contribution in [0.4, 0.5) is 0 Å². The van der Waals surface area contributed by atoms with Crippen LogP contribution in [-0.2, 0) is 20.8 Å². The van der Waals surface area contributed by atoms with Crippen molar-refractivity contribution in [1.82, 2.24) is 10.6 Å². The van der Waals surface area contributed by atoms with Crippen LogP contribution >= 0.6 is 0 Å². The normalized spacial score (nSPS) is 22.6. The molecule has 1 aliphatic carbocycles. The maximum Gasteiger partial charge on any atom is 0.224 e. The Hall–Kier alpha value is -1.43. The van der Waals surface area contributed by atoms with Crippen LogP contribution in [0, 0.1) is 11.8 Å². The fourth-order valence-corrected chi connectivity index (χ4v) is 4.33. The van der Waals surface area contributed by atoms with Gasteiger partial charge in [-0.2, -0.15) is 0 Å². The summed E-state index contributed by atoms with van der Waals surface area (Å²) in [6, 6.07) is 10.3. The minimum absolute atomic E-state index is 0.0122. The first-order valence-electron chi connectivity index (χ1n) is 10.5. The fraction of sp³-hybridized carbons (Fsp3) is 0.682. The topological polar surface area (TPSA) is 59.6 Å². The van der Waals surface area contributed by atoms with Gasteiger partial charge in [0.2, 0.25) is 5.91 Å². The average molecular weight is 375 g/mol. The van der Waals surface area contributed by atoms with Gasteiger partial charge in [0.1, 0.15) is 0 Å². The first kappa shape index (κ1) is 20.3. The first-order chi connectivity index (χ1) is 13.2. The standard InChI is InChI=1S/C22H34N2O3/c1-2-11-24-21(25)20(17-23-16-18-7-4-3-5-8-18)14-19-9-6-10-22(15-19)26-12-13-27-22/h3-5,7-8,19-20,23H,2,6,9-17H2,1H3,(H,24,25). The number of hydrogen-bond donors (Lipinski definition) is 2. The number of hydrogen-bond acceptors (Lipinski definition) is 4. The highest BCUT2D eigenvalue weighted by Gasteiger charge is 2.42. The molecule has 3 rings (SSSR count). The summed E-state index contributed by atoms with van der Waals surface area (Å²) < 4.78 is 11.8. The van der Waals surface area contributed by atoms with Crippen molar-refractivity contribution in [3.63, 3.8) is 0 Å². The number of ether oxygens (including phenoxy) is 2. The van der Waals surface area contributed by atoms with Crippen molar-refractivity contribution < 1.29 is 14.3 Å². The van der Waals surface area contributed by atoms with Crippen molar-refractivity contribution in [2.45, 2.75) is 57.8 Å². The Balaban J connectivity index is 1.54. The molecule has 27 heavy (non-hydrogen) atoms. The Morgan fingerprint density at radius 2 is 2.04 bits per heavy atom. The van der Waals surface area contributed by atoms with E-state index in [0.29, 0.717) is 25.7 Å². The van der Waals surface area contributed by atoms with Crippen LogP contribution in [0.2, 0.25) is 0 Å². The van der Waals surface area contributed by atoms with E-state index in [4.69, 9.17) is 9.47 Å². The van der Waals surface area contributed by atoms with Gasteiger partial charge in [-0.1, -0.05) is 43.7 Å². The zero-order valence-electron chi connectivity index (χ0n) is 16.5. The van der Waals surface area contributed by atoms with Gasteiger partial charge in [-0.3, -0.25) is 4.79 Å². The third-order valence-electron chi connectivity index (χ3n) is 5.68. The van der Waals surface area contributed by atoms with E-state index in [2.05, 4.69) is 29.7 Å². The first-order valence-corrected chi connectivity index (χ1v) is 10.5. The van der Waals surface area contributed by atoms with E-state index in [0.717, 1.165) is 51.6 Å². The predicted octanol–water partition coefficient (Wildman–Crippen LogP) is 3.24. The zero-order chi connectivity index (χ0) is 19.0. The van der Waals surface area contributed by atoms with Crippen LogP contribution in [0.5, 0.6) is 0 Å². The minimum Gasteiger partial charge on any atom is -0.356 e. The molecule has 1 heterocycles. The van der Waals surface area contributed by atoms with Crippen LogP contribution in [0.15, 0.2) is 30.3 Å². The molecule has 1 amide bonds. The summed E-state index contributed by atoms with van der Waals surface area (Å²) in [7, 11) is 0. The molecule has 0 radical (unpaired) electrons. The summed E-state index contributed by atoms with van der Waals surface area (Å²) in [6.45, 7) is 5.73. The smallest absolute Gasteiger partial charge is 0.224 e. The maximum atomic E-state index is 12.7. The van der Waals surface area contributed by atoms with Gasteiger partial charge >= 0.3 is 0 Å². The minimum atomic E-state index is -0.370. The Bertz CT molecular complexity index is 572. The van der Waals surface area contributed by atoms with E-state index < -0.39 is 0 Å². The maximum absolute atomic E-state index is 12.7. The lowest BCUT2D eigenvalue weighted by atomic mass is 9.79. The van der Waals surface area contributed by atoms with Gasteiger partial charge in [0.25, 0.3) is 0 Å². The molecule has 1 saturated heterocycles. The summed E-state index contributed by atoms with van der Waals surface area (Å²) in [5.41, 5.74) is 1.24. The number of carbonyl (C=O) groups is 1. The van der Waals surface area contributed by atoms with Gasteiger partial charge in [0.05, 0.1) is 19.1 Å². The van der Waals surface area contributed by atoms with E-state index >= 15 is 0 Å². The molecule has 0 aromatic heterocycles. The lowest BCUT2D eigenvalue weighted by molar-refractivity contribution is -0.188. The second-order valence-electron chi connectivity index (χ2n) is 7.91. The van der Waals surface area contributed by atoms with Crippen molar-refractivity contribution in [2.75, 3.05) is 26.3 Å². The van der Waals surface area contributed by atoms with Crippen LogP contribution in [0.1, 0.15) is 51.0 Å². The Morgan fingerprint density at radius 1 is 1.26 bits per heavy atom. The monoisotopic (exact) mass is 374 g/mol. The van der Waals surface area contributed by atoms with Gasteiger partial charge in [0, 0.05) is 32.5 Å². The van der Waals surface area contributed by atoms with E-state index in [1.807, 2.05) is 18.2 Å². The Morgan fingerprint density at radius 3 is 2.78 bits per heavy atom. The molecule has 5 nitrogen and oxygen atoms in total. The second kappa shape index (κ2) is 10.2. The average Bonchev–Trinajstić information content (AvgIpc) is 3.13. The third-order valence-corrected chi connectivity index (χ3v) is 5.68. The summed E-state index contributed by atoms with van der Waals surface area (Å²) in [5.74, 6) is 0.269. The molecule has 2 unspecified atom stereocenters. The highest BCUT2D eigenvalue weighted by molar-refractivity contribution is 5.78. The summed E-state index contributed by atoms with van der Waals surface area (Å²) in [4.78, 5) is 12.7. The Labute approximate surface area is 163 Å². The third kappa shape index (κ3) is 6.03. The van der Waals surface area contributed by atoms with E-state index in [1.54, 1.807) is 0 Å². The molecule has 1 saturated carbocycles. The molecule has 1 aromatic carbocycles. The van der Waals surface area contributed by atoms with E-state index in [-0.39, 0.29) is 17.6 Å². The van der Waals surface area contributed by atoms with E-state index in [9.17, 15) is 4.79 Å². The zero-order valence-corrected chi connectivity index (χ0v) is 16.5. The van der Waals surface area contributed by atoms with Gasteiger partial charge in [-0.05, 0) is 30.7 Å². The summed E-state index contributed by atoms with van der Waals surface area (Å²) in [5, 5.41) is 6.58. The molecular formula is C22H34N2O3. The number of benzene rings is 1. The molecular weight excluding hydrogens is 340 g/mol. The second-order valence-corrected chi connectivity index (χ2v) is 7.91. The number of nitrogens with one attached hydrogen (secondary N) is 2. The quantitative estimate of drug-likeness (QED) is 0.697. The van der Waals surface area contributed by atoms with Crippen molar-refractivity contribution in [1.29, 1.82) is 0 Å². The lowest BCUT2D eigenvalue weighted by Crippen LogP contribution is -2.41. The van der Waals surface area contributed by atoms with Gasteiger partial charge in [0.15, 0.2) is 5.79 Å². The SMILES string of the molecule is CCCNC(=O)C(CNCc1ccccc1)CC1CCCC2(C1)OCCO2. The molecule has 1 spiro atoms. The Kier molecular flexibility index (Phi) is 7.68. The van der Waals surface area contributed by atoms with Crippen LogP contribution < -0.4 is 10.6 Å². The molecule has 150 valence electrons. The predicted molar refractivity (Wildman–Crippen MR) is 106 cm³/mol. The molecule has 0 bridgehead atoms. The molecule has 1 aliphatic heterocycles. The highest BCUT2D eigenvalue weighted by Crippen LogP contribution is 2.40. The molecule has 1 aromatic rings. The van der Waals surface area contributed by atoms with Crippen LogP contribution in [-0.4, -0.2) is 38.0 Å². The van der Waals surface area contributed by atoms with Crippen LogP contribution in [0.25, 0.3) is 0 Å². The summed E-state index contributed by atoms with van der Waals surface area (Å²) in [6.07, 6.45) is 6.04. The largest absolute Gasteiger partial charge is 0.356 e. The highest BCUT2D eigenvalue weighted by atomic mass is 16.7. The van der Waals surface area contributed by atoms with Crippen molar-refractivity contribution >= 4 is 5.91 Å². The molecule has 2 N–H and O–H groups in total.